The molecule has 1 heterocycles. The zero-order chi connectivity index (χ0) is 16.6. The molecule has 122 valence electrons. The number of ketones is 1. The maximum absolute atomic E-state index is 11.8. The molecule has 0 radical (unpaired) electrons. The molecule has 0 bridgehead atoms. The van der Waals surface area contributed by atoms with Crippen molar-refractivity contribution in [2.24, 2.45) is 0 Å². The quantitative estimate of drug-likeness (QED) is 0.767. The summed E-state index contributed by atoms with van der Waals surface area (Å²) in [5, 5.41) is 8.37. The van der Waals surface area contributed by atoms with Crippen LogP contribution >= 0.6 is 0 Å². The van der Waals surface area contributed by atoms with E-state index in [2.05, 4.69) is 14.8 Å². The van der Waals surface area contributed by atoms with Gasteiger partial charge in [0.25, 0.3) is 0 Å². The Hall–Kier alpha value is -2.37. The highest BCUT2D eigenvalue weighted by Gasteiger charge is 2.28. The number of ether oxygens (including phenoxy) is 1. The Labute approximate surface area is 136 Å². The third-order valence-corrected chi connectivity index (χ3v) is 4.07. The van der Waals surface area contributed by atoms with Crippen molar-refractivity contribution in [2.45, 2.75) is 39.3 Å². The highest BCUT2D eigenvalue weighted by Crippen LogP contribution is 2.36. The fraction of sp³-hybridized carbons (Fsp3) is 0.471. The average Bonchev–Trinajstić information content (AvgIpc) is 3.28. The molecule has 1 aromatic carbocycles. The van der Waals surface area contributed by atoms with Gasteiger partial charge < -0.3 is 14.2 Å². The number of rotatable bonds is 6. The Balaban J connectivity index is 1.84. The molecule has 3 rings (SSSR count). The van der Waals surface area contributed by atoms with E-state index in [4.69, 9.17) is 4.74 Å². The number of hydrogen-bond donors (Lipinski definition) is 0. The molecule has 6 heteroatoms. The number of carbonyl (C=O) groups excluding carboxylic acids is 1. The Morgan fingerprint density at radius 2 is 2.09 bits per heavy atom. The summed E-state index contributed by atoms with van der Waals surface area (Å²) in [6.45, 7) is 3.82. The van der Waals surface area contributed by atoms with Crippen molar-refractivity contribution < 1.29 is 9.53 Å². The van der Waals surface area contributed by atoms with Crippen LogP contribution in [0.2, 0.25) is 0 Å². The van der Waals surface area contributed by atoms with E-state index in [1.165, 1.54) is 12.8 Å². The second-order valence-corrected chi connectivity index (χ2v) is 6.18. The van der Waals surface area contributed by atoms with Crippen LogP contribution in [-0.4, -0.2) is 34.6 Å². The van der Waals surface area contributed by atoms with Crippen LogP contribution in [0, 0.1) is 6.92 Å². The number of nitrogens with zero attached hydrogens (tertiary/aromatic N) is 4. The summed E-state index contributed by atoms with van der Waals surface area (Å²) >= 11 is 0. The lowest BCUT2D eigenvalue weighted by atomic mass is 10.1. The van der Waals surface area contributed by atoms with Crippen molar-refractivity contribution in [3.8, 4) is 5.75 Å². The fourth-order valence-electron chi connectivity index (χ4n) is 2.66. The van der Waals surface area contributed by atoms with Crippen molar-refractivity contribution in [1.29, 1.82) is 0 Å². The molecule has 2 aromatic rings. The Morgan fingerprint density at radius 1 is 1.35 bits per heavy atom. The van der Waals surface area contributed by atoms with E-state index in [9.17, 15) is 4.79 Å². The van der Waals surface area contributed by atoms with Gasteiger partial charge in [-0.1, -0.05) is 0 Å². The number of carbonyl (C=O) groups is 1. The van der Waals surface area contributed by atoms with Gasteiger partial charge in [-0.05, 0) is 38.8 Å². The van der Waals surface area contributed by atoms with E-state index < -0.39 is 0 Å². The van der Waals surface area contributed by atoms with E-state index in [-0.39, 0.29) is 5.78 Å². The van der Waals surface area contributed by atoms with Gasteiger partial charge in [0, 0.05) is 31.9 Å². The van der Waals surface area contributed by atoms with Crippen molar-refractivity contribution in [3.05, 3.63) is 35.4 Å². The summed E-state index contributed by atoms with van der Waals surface area (Å²) in [6.07, 6.45) is 2.33. The Morgan fingerprint density at radius 3 is 2.70 bits per heavy atom. The average molecular weight is 314 g/mol. The van der Waals surface area contributed by atoms with Crippen LogP contribution in [0.25, 0.3) is 0 Å². The molecule has 1 aromatic heterocycles. The second-order valence-electron chi connectivity index (χ2n) is 6.18. The Bertz CT molecular complexity index is 732. The van der Waals surface area contributed by atoms with Gasteiger partial charge in [0.1, 0.15) is 18.2 Å². The van der Waals surface area contributed by atoms with E-state index in [0.717, 1.165) is 17.3 Å². The molecule has 0 atom stereocenters. The first-order valence-electron chi connectivity index (χ1n) is 7.83. The summed E-state index contributed by atoms with van der Waals surface area (Å²) in [7, 11) is 3.92. The molecule has 0 amide bonds. The van der Waals surface area contributed by atoms with E-state index in [1.54, 1.807) is 6.92 Å². The molecule has 1 saturated carbocycles. The van der Waals surface area contributed by atoms with Gasteiger partial charge in [-0.2, -0.15) is 0 Å². The summed E-state index contributed by atoms with van der Waals surface area (Å²) in [5.41, 5.74) is 1.58. The SMILES string of the molecule is CC(=O)c1ccc(N(C)C)cc1OCc1nnc(C)n1C1CC1. The first kappa shape index (κ1) is 15.5. The highest BCUT2D eigenvalue weighted by atomic mass is 16.5. The lowest BCUT2D eigenvalue weighted by molar-refractivity contribution is 0.101. The normalized spacial score (nSPS) is 13.9. The molecule has 23 heavy (non-hydrogen) atoms. The molecule has 0 unspecified atom stereocenters. The lowest BCUT2D eigenvalue weighted by Crippen LogP contribution is -2.11. The van der Waals surface area contributed by atoms with Gasteiger partial charge in [0.15, 0.2) is 11.6 Å². The number of hydrogen-bond acceptors (Lipinski definition) is 5. The molecular weight excluding hydrogens is 292 g/mol. The fourth-order valence-corrected chi connectivity index (χ4v) is 2.66. The van der Waals surface area contributed by atoms with Crippen molar-refractivity contribution >= 4 is 11.5 Å². The number of aromatic nitrogens is 3. The van der Waals surface area contributed by atoms with E-state index >= 15 is 0 Å². The number of Topliss-reactive ketones (excluding diaryl/α,β-unsaturated/α-hetero) is 1. The molecule has 0 aliphatic heterocycles. The first-order valence-corrected chi connectivity index (χ1v) is 7.83. The van der Waals surface area contributed by atoms with Crippen molar-refractivity contribution in [1.82, 2.24) is 14.8 Å². The molecule has 0 N–H and O–H groups in total. The summed E-state index contributed by atoms with van der Waals surface area (Å²) < 4.78 is 8.08. The lowest BCUT2D eigenvalue weighted by Gasteiger charge is -2.16. The van der Waals surface area contributed by atoms with E-state index in [0.29, 0.717) is 24.0 Å². The van der Waals surface area contributed by atoms with Gasteiger partial charge in [0.05, 0.1) is 5.56 Å². The molecule has 1 aliphatic rings. The summed E-state index contributed by atoms with van der Waals surface area (Å²) in [4.78, 5) is 13.8. The topological polar surface area (TPSA) is 60.3 Å². The van der Waals surface area contributed by atoms with Crippen LogP contribution in [0.1, 0.15) is 47.8 Å². The minimum absolute atomic E-state index is 0.00912. The molecule has 0 spiro atoms. The van der Waals surface area contributed by atoms with Crippen LogP contribution in [0.4, 0.5) is 5.69 Å². The van der Waals surface area contributed by atoms with Crippen LogP contribution < -0.4 is 9.64 Å². The molecule has 0 saturated heterocycles. The monoisotopic (exact) mass is 314 g/mol. The number of aryl methyl sites for hydroxylation is 1. The predicted molar refractivity (Wildman–Crippen MR) is 88.1 cm³/mol. The van der Waals surface area contributed by atoms with E-state index in [1.807, 2.05) is 44.1 Å². The maximum Gasteiger partial charge on any atom is 0.171 e. The maximum atomic E-state index is 11.8. The van der Waals surface area contributed by atoms with Crippen LogP contribution in [0.3, 0.4) is 0 Å². The van der Waals surface area contributed by atoms with Crippen molar-refractivity contribution in [2.75, 3.05) is 19.0 Å². The van der Waals surface area contributed by atoms with Gasteiger partial charge in [0.2, 0.25) is 0 Å². The second kappa shape index (κ2) is 6.02. The zero-order valence-corrected chi connectivity index (χ0v) is 14.0. The Kier molecular flexibility index (Phi) is 4.07. The predicted octanol–water partition coefficient (Wildman–Crippen LogP) is 2.77. The van der Waals surface area contributed by atoms with Crippen LogP contribution in [-0.2, 0) is 6.61 Å². The smallest absolute Gasteiger partial charge is 0.171 e. The minimum atomic E-state index is -0.00912. The summed E-state index contributed by atoms with van der Waals surface area (Å²) in [6, 6.07) is 6.12. The zero-order valence-electron chi connectivity index (χ0n) is 14.0. The largest absolute Gasteiger partial charge is 0.485 e. The highest BCUT2D eigenvalue weighted by molar-refractivity contribution is 5.97. The van der Waals surface area contributed by atoms with Crippen LogP contribution in [0.15, 0.2) is 18.2 Å². The third kappa shape index (κ3) is 3.21. The summed E-state index contributed by atoms with van der Waals surface area (Å²) in [5.74, 6) is 2.31. The third-order valence-electron chi connectivity index (χ3n) is 4.07. The van der Waals surface area contributed by atoms with Gasteiger partial charge >= 0.3 is 0 Å². The molecule has 1 fully saturated rings. The number of benzene rings is 1. The van der Waals surface area contributed by atoms with Crippen LogP contribution in [0.5, 0.6) is 5.75 Å². The molecular formula is C17H22N4O2. The van der Waals surface area contributed by atoms with Crippen molar-refractivity contribution in [3.63, 3.8) is 0 Å². The first-order chi connectivity index (χ1) is 11.0. The molecule has 6 nitrogen and oxygen atoms in total. The number of anilines is 1. The van der Waals surface area contributed by atoms with Gasteiger partial charge in [-0.25, -0.2) is 0 Å². The van der Waals surface area contributed by atoms with Gasteiger partial charge in [-0.15, -0.1) is 10.2 Å². The minimum Gasteiger partial charge on any atom is -0.485 e. The standard InChI is InChI=1S/C17H22N4O2/c1-11(22)15-8-7-14(20(3)4)9-16(15)23-10-17-19-18-12(2)21(17)13-5-6-13/h7-9,13H,5-6,10H2,1-4H3. The van der Waals surface area contributed by atoms with Gasteiger partial charge in [-0.3, -0.25) is 4.79 Å². The molecule has 1 aliphatic carbocycles.